The standard InChI is InChI=1S/C15H14N4O2.Li/c1-2-9-3-4-10(7-12(9)14(20)21)11-5-6-19-13(8-11)17-15(16)18-19;/h3-8H,2H2,1H3,(H2,16,18)(H,20,21);. The van der Waals surface area contributed by atoms with Crippen molar-refractivity contribution >= 4 is 36.4 Å². The first-order valence-electron chi connectivity index (χ1n) is 6.57. The summed E-state index contributed by atoms with van der Waals surface area (Å²) in [5, 5.41) is 13.3. The third-order valence-corrected chi connectivity index (χ3v) is 3.41. The molecular formula is C15H14LiN4O2. The molecule has 0 unspecified atom stereocenters. The first-order valence-corrected chi connectivity index (χ1v) is 6.57. The Labute approximate surface area is 139 Å². The van der Waals surface area contributed by atoms with E-state index in [9.17, 15) is 9.90 Å². The molecule has 0 aliphatic carbocycles. The Hall–Kier alpha value is -2.29. The zero-order valence-electron chi connectivity index (χ0n) is 12.4. The summed E-state index contributed by atoms with van der Waals surface area (Å²) < 4.78 is 1.58. The molecule has 7 heteroatoms. The van der Waals surface area contributed by atoms with E-state index in [1.165, 1.54) is 0 Å². The fraction of sp³-hybridized carbons (Fsp3) is 0.133. The van der Waals surface area contributed by atoms with Crippen LogP contribution in [0.15, 0.2) is 36.5 Å². The largest absolute Gasteiger partial charge is 0.478 e. The van der Waals surface area contributed by atoms with Crippen molar-refractivity contribution in [3.63, 3.8) is 0 Å². The van der Waals surface area contributed by atoms with Crippen molar-refractivity contribution in [3.05, 3.63) is 47.7 Å². The van der Waals surface area contributed by atoms with Crippen LogP contribution in [0.25, 0.3) is 16.8 Å². The number of rotatable bonds is 3. The Bertz CT molecular complexity index is 845. The van der Waals surface area contributed by atoms with E-state index in [0.29, 0.717) is 17.6 Å². The van der Waals surface area contributed by atoms with Gasteiger partial charge in [-0.25, -0.2) is 9.31 Å². The van der Waals surface area contributed by atoms with Crippen LogP contribution in [0.3, 0.4) is 0 Å². The molecule has 1 radical (unpaired) electrons. The normalized spacial score (nSPS) is 10.4. The van der Waals surface area contributed by atoms with Crippen LogP contribution in [0.4, 0.5) is 5.95 Å². The number of anilines is 1. The van der Waals surface area contributed by atoms with Crippen molar-refractivity contribution in [2.45, 2.75) is 13.3 Å². The minimum absolute atomic E-state index is 0. The molecule has 3 N–H and O–H groups in total. The van der Waals surface area contributed by atoms with Crippen LogP contribution < -0.4 is 5.73 Å². The summed E-state index contributed by atoms with van der Waals surface area (Å²) in [5.41, 5.74) is 9.04. The molecule has 0 atom stereocenters. The van der Waals surface area contributed by atoms with Crippen molar-refractivity contribution < 1.29 is 9.90 Å². The maximum Gasteiger partial charge on any atom is 0.335 e. The molecule has 0 fully saturated rings. The Morgan fingerprint density at radius 1 is 1.27 bits per heavy atom. The summed E-state index contributed by atoms with van der Waals surface area (Å²) >= 11 is 0. The number of benzene rings is 1. The van der Waals surface area contributed by atoms with Crippen molar-refractivity contribution in [1.29, 1.82) is 0 Å². The van der Waals surface area contributed by atoms with Gasteiger partial charge in [0.2, 0.25) is 5.95 Å². The molecule has 2 heterocycles. The number of nitrogens with two attached hydrogens (primary N) is 1. The number of carboxylic acid groups (broad SMARTS) is 1. The van der Waals surface area contributed by atoms with E-state index in [4.69, 9.17) is 5.73 Å². The monoisotopic (exact) mass is 289 g/mol. The van der Waals surface area contributed by atoms with E-state index >= 15 is 0 Å². The Kier molecular flexibility index (Phi) is 4.55. The van der Waals surface area contributed by atoms with Gasteiger partial charge in [0, 0.05) is 25.1 Å². The van der Waals surface area contributed by atoms with Crippen LogP contribution in [-0.4, -0.2) is 44.5 Å². The third-order valence-electron chi connectivity index (χ3n) is 3.41. The van der Waals surface area contributed by atoms with Crippen molar-refractivity contribution in [1.82, 2.24) is 14.6 Å². The first-order chi connectivity index (χ1) is 10.1. The molecule has 0 amide bonds. The van der Waals surface area contributed by atoms with E-state index in [0.717, 1.165) is 16.7 Å². The van der Waals surface area contributed by atoms with E-state index in [1.54, 1.807) is 16.8 Å². The number of nitrogen functional groups attached to an aromatic ring is 1. The molecule has 3 rings (SSSR count). The molecular weight excluding hydrogens is 275 g/mol. The van der Waals surface area contributed by atoms with Crippen molar-refractivity contribution in [3.8, 4) is 11.1 Å². The number of pyridine rings is 1. The molecule has 0 spiro atoms. The van der Waals surface area contributed by atoms with Crippen LogP contribution in [0, 0.1) is 0 Å². The number of carboxylic acids is 1. The Morgan fingerprint density at radius 2 is 2.00 bits per heavy atom. The molecule has 0 saturated heterocycles. The quantitative estimate of drug-likeness (QED) is 0.718. The molecule has 0 saturated carbocycles. The third kappa shape index (κ3) is 2.84. The maximum atomic E-state index is 11.3. The van der Waals surface area contributed by atoms with Crippen molar-refractivity contribution in [2.75, 3.05) is 5.73 Å². The molecule has 0 aliphatic rings. The van der Waals surface area contributed by atoms with Gasteiger partial charge in [-0.2, -0.15) is 4.98 Å². The number of aryl methyl sites for hydroxylation is 1. The molecule has 2 aromatic heterocycles. The number of nitrogens with zero attached hydrogens (tertiary/aromatic N) is 3. The zero-order valence-corrected chi connectivity index (χ0v) is 12.4. The van der Waals surface area contributed by atoms with Gasteiger partial charge in [-0.3, -0.25) is 0 Å². The molecule has 1 aromatic carbocycles. The average molecular weight is 289 g/mol. The van der Waals surface area contributed by atoms with E-state index in [2.05, 4.69) is 10.1 Å². The number of hydrogen-bond acceptors (Lipinski definition) is 4. The Balaban J connectivity index is 0.00000176. The van der Waals surface area contributed by atoms with E-state index in [-0.39, 0.29) is 24.8 Å². The van der Waals surface area contributed by atoms with Crippen LogP contribution in [0.1, 0.15) is 22.8 Å². The van der Waals surface area contributed by atoms with Gasteiger partial charge in [0.05, 0.1) is 5.56 Å². The van der Waals surface area contributed by atoms with Crippen LogP contribution in [0.5, 0.6) is 0 Å². The van der Waals surface area contributed by atoms with Gasteiger partial charge in [-0.1, -0.05) is 19.1 Å². The van der Waals surface area contributed by atoms with Gasteiger partial charge in [-0.15, -0.1) is 5.10 Å². The second kappa shape index (κ2) is 6.22. The van der Waals surface area contributed by atoms with Crippen LogP contribution in [-0.2, 0) is 6.42 Å². The van der Waals surface area contributed by atoms with Crippen LogP contribution >= 0.6 is 0 Å². The summed E-state index contributed by atoms with van der Waals surface area (Å²) in [5.74, 6) is -0.707. The van der Waals surface area contributed by atoms with Gasteiger partial charge in [0.25, 0.3) is 0 Å². The molecule has 107 valence electrons. The smallest absolute Gasteiger partial charge is 0.335 e. The molecule has 3 aromatic rings. The Morgan fingerprint density at radius 3 is 2.68 bits per heavy atom. The number of aromatic nitrogens is 3. The minimum Gasteiger partial charge on any atom is -0.478 e. The van der Waals surface area contributed by atoms with Crippen LogP contribution in [0.2, 0.25) is 0 Å². The molecule has 22 heavy (non-hydrogen) atoms. The second-order valence-corrected chi connectivity index (χ2v) is 4.72. The van der Waals surface area contributed by atoms with Gasteiger partial charge >= 0.3 is 5.97 Å². The topological polar surface area (TPSA) is 93.5 Å². The number of hydrogen-bond donors (Lipinski definition) is 2. The van der Waals surface area contributed by atoms with Gasteiger partial charge in [0.1, 0.15) is 0 Å². The number of carbonyl (C=O) groups is 1. The van der Waals surface area contributed by atoms with Gasteiger partial charge < -0.3 is 10.8 Å². The SMILES string of the molecule is CCc1ccc(-c2ccn3nc(N)nc3c2)cc1C(=O)O.[Li]. The fourth-order valence-corrected chi connectivity index (χ4v) is 2.34. The predicted molar refractivity (Wildman–Crippen MR) is 84.9 cm³/mol. The average Bonchev–Trinajstić information content (AvgIpc) is 2.85. The van der Waals surface area contributed by atoms with Gasteiger partial charge in [-0.05, 0) is 41.3 Å². The first kappa shape index (κ1) is 16.1. The number of fused-ring (bicyclic) bond motifs is 1. The predicted octanol–water partition coefficient (Wildman–Crippen LogP) is 1.86. The van der Waals surface area contributed by atoms with Crippen molar-refractivity contribution in [2.24, 2.45) is 0 Å². The fourth-order valence-electron chi connectivity index (χ4n) is 2.34. The summed E-state index contributed by atoms with van der Waals surface area (Å²) in [7, 11) is 0. The summed E-state index contributed by atoms with van der Waals surface area (Å²) in [4.78, 5) is 15.4. The number of aromatic carboxylic acids is 1. The second-order valence-electron chi connectivity index (χ2n) is 4.72. The summed E-state index contributed by atoms with van der Waals surface area (Å²) in [6.07, 6.45) is 2.43. The minimum atomic E-state index is -0.915. The summed E-state index contributed by atoms with van der Waals surface area (Å²) in [6, 6.07) is 9.13. The van der Waals surface area contributed by atoms with E-state index < -0.39 is 5.97 Å². The van der Waals surface area contributed by atoms with Gasteiger partial charge in [0.15, 0.2) is 5.65 Å². The maximum absolute atomic E-state index is 11.3. The molecule has 6 nitrogen and oxygen atoms in total. The molecule has 0 aliphatic heterocycles. The zero-order chi connectivity index (χ0) is 15.0. The van der Waals surface area contributed by atoms with E-state index in [1.807, 2.05) is 31.2 Å². The molecule has 0 bridgehead atoms. The summed E-state index contributed by atoms with van der Waals surface area (Å²) in [6.45, 7) is 1.94.